The Hall–Kier alpha value is -2.79. The number of benzene rings is 1. The molecule has 0 aliphatic carbocycles. The van der Waals surface area contributed by atoms with Crippen LogP contribution in [0.4, 0.5) is 4.79 Å². The van der Waals surface area contributed by atoms with Crippen LogP contribution in [0.3, 0.4) is 0 Å². The van der Waals surface area contributed by atoms with Crippen molar-refractivity contribution >= 4 is 35.7 Å². The second-order valence-electron chi connectivity index (χ2n) is 7.94. The summed E-state index contributed by atoms with van der Waals surface area (Å²) in [6.07, 6.45) is -2.14. The first-order chi connectivity index (χ1) is 15.1. The van der Waals surface area contributed by atoms with Gasteiger partial charge in [-0.3, -0.25) is 9.59 Å². The van der Waals surface area contributed by atoms with E-state index in [2.05, 4.69) is 10.1 Å². The van der Waals surface area contributed by atoms with Crippen molar-refractivity contribution in [1.29, 1.82) is 0 Å². The van der Waals surface area contributed by atoms with Gasteiger partial charge in [-0.15, -0.1) is 11.8 Å². The van der Waals surface area contributed by atoms with Crippen molar-refractivity contribution in [2.45, 2.75) is 62.2 Å². The molecule has 1 aromatic rings. The molecule has 3 N–H and O–H groups in total. The Morgan fingerprint density at radius 1 is 1.22 bits per heavy atom. The molecule has 10 nitrogen and oxygen atoms in total. The Morgan fingerprint density at radius 2 is 1.88 bits per heavy atom. The van der Waals surface area contributed by atoms with Gasteiger partial charge in [-0.1, -0.05) is 30.3 Å². The summed E-state index contributed by atoms with van der Waals surface area (Å²) in [6.45, 7) is 6.74. The van der Waals surface area contributed by atoms with E-state index in [9.17, 15) is 19.2 Å². The van der Waals surface area contributed by atoms with Gasteiger partial charge in [-0.2, -0.15) is 0 Å². The van der Waals surface area contributed by atoms with E-state index in [0.717, 1.165) is 0 Å². The number of amides is 2. The predicted octanol–water partition coefficient (Wildman–Crippen LogP) is 1.30. The molecule has 3 rings (SSSR count). The first kappa shape index (κ1) is 23.9. The fourth-order valence-electron chi connectivity index (χ4n) is 3.72. The number of nitrogens with zero attached hydrogens (tertiary/aromatic N) is 1. The van der Waals surface area contributed by atoms with Gasteiger partial charge in [0.15, 0.2) is 0 Å². The van der Waals surface area contributed by atoms with Crippen LogP contribution in [0.5, 0.6) is 0 Å². The number of thioether (sulfide) groups is 1. The topological polar surface area (TPSA) is 137 Å². The summed E-state index contributed by atoms with van der Waals surface area (Å²) in [5.74, 6) is -1.58. The van der Waals surface area contributed by atoms with Crippen LogP contribution in [0.15, 0.2) is 30.3 Å². The van der Waals surface area contributed by atoms with Crippen molar-refractivity contribution < 1.29 is 33.4 Å². The maximum Gasteiger partial charge on any atom is 0.511 e. The Labute approximate surface area is 190 Å². The zero-order chi connectivity index (χ0) is 23.6. The molecule has 2 saturated heterocycles. The zero-order valence-corrected chi connectivity index (χ0v) is 19.1. The fourth-order valence-corrected chi connectivity index (χ4v) is 5.34. The van der Waals surface area contributed by atoms with E-state index in [1.54, 1.807) is 45.0 Å². The van der Waals surface area contributed by atoms with E-state index >= 15 is 0 Å². The Kier molecular flexibility index (Phi) is 6.99. The number of carbonyl (C=O) groups excluding carboxylic acids is 4. The smallest absolute Gasteiger partial charge is 0.435 e. The third kappa shape index (κ3) is 4.68. The lowest BCUT2D eigenvalue weighted by Gasteiger charge is -2.44. The molecule has 32 heavy (non-hydrogen) atoms. The largest absolute Gasteiger partial charge is 0.511 e. The van der Waals surface area contributed by atoms with Gasteiger partial charge in [0.05, 0.1) is 6.61 Å². The number of nitrogens with one attached hydrogen (secondary N) is 1. The molecule has 174 valence electrons. The molecule has 0 bridgehead atoms. The summed E-state index contributed by atoms with van der Waals surface area (Å²) >= 11 is 1.38. The van der Waals surface area contributed by atoms with Gasteiger partial charge in [0.1, 0.15) is 23.5 Å². The van der Waals surface area contributed by atoms with E-state index in [1.165, 1.54) is 23.6 Å². The predicted molar refractivity (Wildman–Crippen MR) is 115 cm³/mol. The second kappa shape index (κ2) is 9.37. The van der Waals surface area contributed by atoms with Crippen LogP contribution >= 0.6 is 11.8 Å². The third-order valence-electron chi connectivity index (χ3n) is 5.21. The number of β-lactam (4-membered cyclic amide) rings is 1. The van der Waals surface area contributed by atoms with Crippen molar-refractivity contribution in [3.8, 4) is 0 Å². The average molecular weight is 466 g/mol. The molecule has 2 amide bonds. The minimum atomic E-state index is -1.18. The van der Waals surface area contributed by atoms with E-state index < -0.39 is 58.5 Å². The monoisotopic (exact) mass is 465 g/mol. The standard InChI is InChI=1S/C21H27N3O7S/c1-5-29-20(28)31-11(2)30-19(27)15-21(3,4)32-18-14(17(26)24(15)18)23-16(25)13(22)12-9-7-6-8-10-12/h6-11,13-15,18H,5,22H2,1-4H3,(H,23,25)/t11-,13-,14+,15?,18?/m1/s1. The SMILES string of the molecule is CCOC(=O)O[C@H](C)OC(=O)C1N2C(=O)[C@H](NC(=O)[C@H](N)c3ccccc3)C2SC1(C)C. The van der Waals surface area contributed by atoms with Crippen molar-refractivity contribution in [1.82, 2.24) is 10.2 Å². The molecular formula is C21H27N3O7S. The highest BCUT2D eigenvalue weighted by molar-refractivity contribution is 8.01. The molecule has 0 saturated carbocycles. The minimum Gasteiger partial charge on any atom is -0.435 e. The Bertz CT molecular complexity index is 895. The highest BCUT2D eigenvalue weighted by atomic mass is 32.2. The van der Waals surface area contributed by atoms with Gasteiger partial charge in [0.2, 0.25) is 18.1 Å². The molecule has 2 aliphatic rings. The summed E-state index contributed by atoms with van der Waals surface area (Å²) in [4.78, 5) is 51.0. The van der Waals surface area contributed by atoms with Crippen LogP contribution in [0.2, 0.25) is 0 Å². The first-order valence-corrected chi connectivity index (χ1v) is 11.1. The quantitative estimate of drug-likeness (QED) is 0.347. The summed E-state index contributed by atoms with van der Waals surface area (Å²) in [5.41, 5.74) is 6.65. The highest BCUT2D eigenvalue weighted by Gasteiger charge is 2.64. The lowest BCUT2D eigenvalue weighted by atomic mass is 9.95. The maximum absolute atomic E-state index is 12.8. The average Bonchev–Trinajstić information content (AvgIpc) is 2.99. The van der Waals surface area contributed by atoms with Gasteiger partial charge >= 0.3 is 12.1 Å². The van der Waals surface area contributed by atoms with Gasteiger partial charge in [-0.05, 0) is 26.3 Å². The molecule has 0 aromatic heterocycles. The van der Waals surface area contributed by atoms with Gasteiger partial charge in [-0.25, -0.2) is 9.59 Å². The molecule has 11 heteroatoms. The molecule has 1 aromatic carbocycles. The van der Waals surface area contributed by atoms with Crippen LogP contribution in [-0.2, 0) is 28.6 Å². The van der Waals surface area contributed by atoms with E-state index in [4.69, 9.17) is 15.2 Å². The van der Waals surface area contributed by atoms with Crippen LogP contribution in [-0.4, -0.2) is 63.9 Å². The van der Waals surface area contributed by atoms with Crippen molar-refractivity contribution in [3.63, 3.8) is 0 Å². The normalized spacial score (nSPS) is 25.1. The number of ether oxygens (including phenoxy) is 3. The van der Waals surface area contributed by atoms with Gasteiger partial charge in [0.25, 0.3) is 0 Å². The first-order valence-electron chi connectivity index (χ1n) is 10.2. The number of esters is 1. The van der Waals surface area contributed by atoms with Crippen LogP contribution < -0.4 is 11.1 Å². The summed E-state index contributed by atoms with van der Waals surface area (Å²) in [5, 5.41) is 2.26. The van der Waals surface area contributed by atoms with Crippen molar-refractivity contribution in [2.75, 3.05) is 6.61 Å². The maximum atomic E-state index is 12.8. The van der Waals surface area contributed by atoms with E-state index in [-0.39, 0.29) is 6.61 Å². The van der Waals surface area contributed by atoms with Crippen LogP contribution in [0.1, 0.15) is 39.3 Å². The van der Waals surface area contributed by atoms with E-state index in [1.807, 2.05) is 6.07 Å². The molecule has 2 heterocycles. The van der Waals surface area contributed by atoms with Crippen LogP contribution in [0, 0.1) is 0 Å². The number of hydrogen-bond donors (Lipinski definition) is 2. The lowest BCUT2D eigenvalue weighted by Crippen LogP contribution is -2.71. The van der Waals surface area contributed by atoms with Gasteiger partial charge < -0.3 is 30.2 Å². The number of fused-ring (bicyclic) bond motifs is 1. The number of hydrogen-bond acceptors (Lipinski definition) is 9. The zero-order valence-electron chi connectivity index (χ0n) is 18.3. The molecule has 5 atom stereocenters. The molecule has 2 unspecified atom stereocenters. The fraction of sp³-hybridized carbons (Fsp3) is 0.524. The van der Waals surface area contributed by atoms with Crippen LogP contribution in [0.25, 0.3) is 0 Å². The van der Waals surface area contributed by atoms with E-state index in [0.29, 0.717) is 5.56 Å². The second-order valence-corrected chi connectivity index (χ2v) is 9.71. The number of rotatable bonds is 7. The van der Waals surface area contributed by atoms with Crippen molar-refractivity contribution in [3.05, 3.63) is 35.9 Å². The molecule has 0 radical (unpaired) electrons. The molecule has 2 fully saturated rings. The summed E-state index contributed by atoms with van der Waals surface area (Å²) < 4.78 is 14.0. The third-order valence-corrected chi connectivity index (χ3v) is 6.78. The van der Waals surface area contributed by atoms with Gasteiger partial charge in [0, 0.05) is 11.7 Å². The molecular weight excluding hydrogens is 438 g/mol. The Morgan fingerprint density at radius 3 is 2.50 bits per heavy atom. The lowest BCUT2D eigenvalue weighted by molar-refractivity contribution is -0.180. The number of nitrogens with two attached hydrogens (primary N) is 1. The minimum absolute atomic E-state index is 0.122. The number of carbonyl (C=O) groups is 4. The molecule has 2 aliphatic heterocycles. The summed E-state index contributed by atoms with van der Waals surface area (Å²) in [6, 6.07) is 6.21. The Balaban J connectivity index is 1.63. The van der Waals surface area contributed by atoms with Crippen molar-refractivity contribution in [2.24, 2.45) is 5.73 Å². The highest BCUT2D eigenvalue weighted by Crippen LogP contribution is 2.51. The molecule has 0 spiro atoms. The summed E-state index contributed by atoms with van der Waals surface area (Å²) in [7, 11) is 0.